The largest absolute Gasteiger partial charge is 0.481 e. The van der Waals surface area contributed by atoms with Crippen molar-refractivity contribution >= 4 is 57.1 Å². The number of carbonyl (C=O) groups is 1. The highest BCUT2D eigenvalue weighted by atomic mass is 79.9. The van der Waals surface area contributed by atoms with Gasteiger partial charge in [-0.25, -0.2) is 9.98 Å². The van der Waals surface area contributed by atoms with Gasteiger partial charge in [-0.3, -0.25) is 4.79 Å². The van der Waals surface area contributed by atoms with E-state index in [4.69, 9.17) is 9.98 Å². The van der Waals surface area contributed by atoms with Gasteiger partial charge in [0.1, 0.15) is 5.54 Å². The summed E-state index contributed by atoms with van der Waals surface area (Å²) in [5.74, 6) is -0.0462. The molecule has 2 aromatic rings. The average Bonchev–Trinajstić information content (AvgIpc) is 3.30. The van der Waals surface area contributed by atoms with Crippen LogP contribution in [0.2, 0.25) is 0 Å². The zero-order valence-electron chi connectivity index (χ0n) is 18.1. The lowest BCUT2D eigenvalue weighted by Gasteiger charge is -2.37. The monoisotopic (exact) mass is 501 g/mol. The van der Waals surface area contributed by atoms with Crippen LogP contribution in [0.4, 0.5) is 11.4 Å². The minimum atomic E-state index is -0.840. The van der Waals surface area contributed by atoms with Crippen molar-refractivity contribution in [1.29, 1.82) is 0 Å². The Hall–Kier alpha value is -2.12. The van der Waals surface area contributed by atoms with Crippen molar-refractivity contribution in [3.63, 3.8) is 0 Å². The maximum atomic E-state index is 11.3. The van der Waals surface area contributed by atoms with Crippen LogP contribution in [0.15, 0.2) is 52.4 Å². The van der Waals surface area contributed by atoms with E-state index in [0.717, 1.165) is 64.8 Å². The van der Waals surface area contributed by atoms with Crippen LogP contribution in [-0.2, 0) is 4.79 Å². The fraction of sp³-hybridized carbons (Fsp3) is 0.375. The Morgan fingerprint density at radius 3 is 2.29 bits per heavy atom. The fourth-order valence-electron chi connectivity index (χ4n) is 4.52. The van der Waals surface area contributed by atoms with Gasteiger partial charge in [0.25, 0.3) is 0 Å². The number of amidine groups is 2. The first-order chi connectivity index (χ1) is 14.4. The van der Waals surface area contributed by atoms with E-state index in [2.05, 4.69) is 49.9 Å². The second-order valence-electron chi connectivity index (χ2n) is 8.11. The molecule has 0 amide bonds. The number of carboxylic acid groups (broad SMARTS) is 1. The molecule has 1 N–H and O–H groups in total. The van der Waals surface area contributed by atoms with E-state index < -0.39 is 5.97 Å². The molecule has 1 saturated carbocycles. The summed E-state index contributed by atoms with van der Waals surface area (Å²) in [4.78, 5) is 23.7. The Balaban J connectivity index is 0.00000272. The van der Waals surface area contributed by atoms with E-state index in [1.54, 1.807) is 0 Å². The van der Waals surface area contributed by atoms with Gasteiger partial charge in [0.2, 0.25) is 0 Å². The number of hydrogen-bond acceptors (Lipinski definition) is 4. The third-order valence-corrected chi connectivity index (χ3v) is 6.93. The summed E-state index contributed by atoms with van der Waals surface area (Å²) < 4.78 is 0. The normalized spacial score (nSPS) is 18.4. The van der Waals surface area contributed by atoms with E-state index >= 15 is 0 Å². The van der Waals surface area contributed by atoms with Gasteiger partial charge in [-0.05, 0) is 56.4 Å². The Bertz CT molecular complexity index is 1020. The first kappa shape index (κ1) is 23.5. The van der Waals surface area contributed by atoms with Crippen LogP contribution in [0.1, 0.15) is 42.4 Å². The van der Waals surface area contributed by atoms with E-state index in [-0.39, 0.29) is 28.3 Å². The number of aliphatic imine (C=N–C) groups is 2. The number of aliphatic carboxylic acids is 1. The van der Waals surface area contributed by atoms with Gasteiger partial charge in [0, 0.05) is 5.69 Å². The molecule has 1 aliphatic carbocycles. The molecular weight excluding hydrogens is 474 g/mol. The Morgan fingerprint density at radius 1 is 1.06 bits per heavy atom. The third-order valence-electron chi connectivity index (χ3n) is 6.01. The Kier molecular flexibility index (Phi) is 7.27. The van der Waals surface area contributed by atoms with Crippen molar-refractivity contribution < 1.29 is 9.90 Å². The molecule has 0 bridgehead atoms. The molecule has 2 aromatic carbocycles. The molecule has 1 fully saturated rings. The number of anilines is 1. The number of nitrogens with zero attached hydrogens (tertiary/aromatic N) is 3. The Morgan fingerprint density at radius 2 is 1.68 bits per heavy atom. The molecule has 0 aromatic heterocycles. The maximum absolute atomic E-state index is 11.3. The summed E-state index contributed by atoms with van der Waals surface area (Å²) in [6.07, 6.45) is 4.15. The van der Waals surface area contributed by atoms with Crippen LogP contribution in [-0.4, -0.2) is 33.4 Å². The molecule has 0 saturated heterocycles. The molecule has 4 rings (SSSR count). The highest BCUT2D eigenvalue weighted by molar-refractivity contribution is 8.93. The quantitative estimate of drug-likeness (QED) is 0.539. The van der Waals surface area contributed by atoms with Gasteiger partial charge >= 0.3 is 5.97 Å². The second-order valence-corrected chi connectivity index (χ2v) is 9.06. The van der Waals surface area contributed by atoms with Crippen molar-refractivity contribution in [3.05, 3.63) is 59.2 Å². The van der Waals surface area contributed by atoms with Crippen molar-refractivity contribution in [3.8, 4) is 0 Å². The van der Waals surface area contributed by atoms with Gasteiger partial charge < -0.3 is 10.0 Å². The zero-order chi connectivity index (χ0) is 21.3. The van der Waals surface area contributed by atoms with Gasteiger partial charge in [-0.15, -0.1) is 17.0 Å². The molecule has 5 nitrogen and oxygen atoms in total. The molecule has 164 valence electrons. The fourth-order valence-corrected chi connectivity index (χ4v) is 5.33. The molecule has 7 heteroatoms. The van der Waals surface area contributed by atoms with E-state index in [0.29, 0.717) is 0 Å². The molecular formula is C24H28BrN3O2S. The predicted octanol–water partition coefficient (Wildman–Crippen LogP) is 6.23. The first-order valence-electron chi connectivity index (χ1n) is 10.4. The molecule has 1 heterocycles. The zero-order valence-corrected chi connectivity index (χ0v) is 20.6. The summed E-state index contributed by atoms with van der Waals surface area (Å²) in [6.45, 7) is 6.25. The molecule has 0 unspecified atom stereocenters. The number of rotatable bonds is 4. The summed E-state index contributed by atoms with van der Waals surface area (Å²) in [6, 6.07) is 14.5. The predicted molar refractivity (Wildman–Crippen MR) is 136 cm³/mol. The molecule has 1 spiro atoms. The number of halogens is 1. The van der Waals surface area contributed by atoms with Crippen LogP contribution >= 0.6 is 28.7 Å². The molecule has 0 atom stereocenters. The third kappa shape index (κ3) is 4.44. The lowest BCUT2D eigenvalue weighted by molar-refractivity contribution is -0.133. The lowest BCUT2D eigenvalue weighted by atomic mass is 9.93. The van der Waals surface area contributed by atoms with Crippen LogP contribution in [0.5, 0.6) is 0 Å². The topological polar surface area (TPSA) is 65.3 Å². The number of benzene rings is 2. The van der Waals surface area contributed by atoms with Crippen molar-refractivity contribution in [2.24, 2.45) is 9.98 Å². The molecule has 2 aliphatic rings. The van der Waals surface area contributed by atoms with E-state index in [1.165, 1.54) is 11.8 Å². The summed E-state index contributed by atoms with van der Waals surface area (Å²) >= 11 is 1.28. The molecule has 0 radical (unpaired) electrons. The standard InChI is InChI=1S/C24H27N3O2S.BrH/c1-16-9-4-5-12-19(16)27-23(30-15-20(28)29)26-22(24(27)13-6-7-14-24)25-21-17(2)10-8-11-18(21)3;/h4-5,8-12H,6-7,13-15H2,1-3H3,(H,28,29);1H. The average molecular weight is 502 g/mol. The number of carboxylic acids is 1. The highest BCUT2D eigenvalue weighted by Crippen LogP contribution is 2.46. The number of para-hydroxylation sites is 2. The van der Waals surface area contributed by atoms with Gasteiger partial charge in [0.15, 0.2) is 11.0 Å². The molecule has 31 heavy (non-hydrogen) atoms. The number of aryl methyl sites for hydroxylation is 3. The van der Waals surface area contributed by atoms with Crippen LogP contribution in [0.25, 0.3) is 0 Å². The van der Waals surface area contributed by atoms with Crippen LogP contribution in [0.3, 0.4) is 0 Å². The minimum absolute atomic E-state index is 0. The number of thioether (sulfide) groups is 1. The Labute approximate surface area is 198 Å². The summed E-state index contributed by atoms with van der Waals surface area (Å²) in [5, 5.41) is 10.0. The van der Waals surface area contributed by atoms with Gasteiger partial charge in [-0.1, -0.05) is 61.0 Å². The van der Waals surface area contributed by atoms with Gasteiger partial charge in [-0.2, -0.15) is 0 Å². The van der Waals surface area contributed by atoms with E-state index in [9.17, 15) is 9.90 Å². The summed E-state index contributed by atoms with van der Waals surface area (Å²) in [7, 11) is 0. The molecule has 1 aliphatic heterocycles. The van der Waals surface area contributed by atoms with E-state index in [1.807, 2.05) is 18.2 Å². The van der Waals surface area contributed by atoms with Crippen molar-refractivity contribution in [2.75, 3.05) is 10.7 Å². The maximum Gasteiger partial charge on any atom is 0.313 e. The minimum Gasteiger partial charge on any atom is -0.481 e. The van der Waals surface area contributed by atoms with Crippen molar-refractivity contribution in [2.45, 2.75) is 52.0 Å². The smallest absolute Gasteiger partial charge is 0.313 e. The SMILES string of the molecule is Br.Cc1ccccc1N1C(SCC(=O)O)=NC(=Nc2c(C)cccc2C)C12CCCC2. The highest BCUT2D eigenvalue weighted by Gasteiger charge is 2.51. The lowest BCUT2D eigenvalue weighted by Crippen LogP contribution is -2.49. The number of hydrogen-bond donors (Lipinski definition) is 1. The van der Waals surface area contributed by atoms with Crippen LogP contribution < -0.4 is 4.90 Å². The van der Waals surface area contributed by atoms with Gasteiger partial charge in [0.05, 0.1) is 11.4 Å². The summed E-state index contributed by atoms with van der Waals surface area (Å²) in [5.41, 5.74) is 5.14. The second kappa shape index (κ2) is 9.57. The van der Waals surface area contributed by atoms with Crippen LogP contribution in [0, 0.1) is 20.8 Å². The van der Waals surface area contributed by atoms with Crippen molar-refractivity contribution in [1.82, 2.24) is 0 Å². The first-order valence-corrected chi connectivity index (χ1v) is 11.4.